The van der Waals surface area contributed by atoms with Crippen LogP contribution in [0.1, 0.15) is 19.8 Å². The molecule has 1 saturated heterocycles. The van der Waals surface area contributed by atoms with Crippen LogP contribution in [0.3, 0.4) is 0 Å². The number of hydrogen-bond donors (Lipinski definition) is 1. The van der Waals surface area contributed by atoms with Crippen LogP contribution in [0, 0.1) is 0 Å². The van der Waals surface area contributed by atoms with E-state index in [0.29, 0.717) is 23.9 Å². The number of nitrogens with zero attached hydrogens (tertiary/aromatic N) is 3. The van der Waals surface area contributed by atoms with Crippen LogP contribution < -0.4 is 10.1 Å². The van der Waals surface area contributed by atoms with Crippen LogP contribution in [-0.4, -0.2) is 45.8 Å². The summed E-state index contributed by atoms with van der Waals surface area (Å²) >= 11 is 1.12. The molecule has 7 nitrogen and oxygen atoms in total. The van der Waals surface area contributed by atoms with Crippen molar-refractivity contribution in [2.45, 2.75) is 25.8 Å². The first kappa shape index (κ1) is 16.4. The molecule has 0 spiro atoms. The van der Waals surface area contributed by atoms with Gasteiger partial charge in [-0.3, -0.25) is 14.9 Å². The predicted octanol–water partition coefficient (Wildman–Crippen LogP) is 2.16. The molecule has 0 radical (unpaired) electrons. The van der Waals surface area contributed by atoms with Gasteiger partial charge >= 0.3 is 0 Å². The molecule has 1 fully saturated rings. The van der Waals surface area contributed by atoms with Gasteiger partial charge in [0.25, 0.3) is 0 Å². The van der Waals surface area contributed by atoms with E-state index in [0.717, 1.165) is 29.3 Å². The molecular weight excluding hydrogens is 328 g/mol. The van der Waals surface area contributed by atoms with E-state index >= 15 is 0 Å². The summed E-state index contributed by atoms with van der Waals surface area (Å²) in [6.45, 7) is 2.11. The maximum absolute atomic E-state index is 12.4. The lowest BCUT2D eigenvalue weighted by Gasteiger charge is -2.21. The number of carbonyl (C=O) groups is 2. The second kappa shape index (κ2) is 6.96. The molecule has 2 aromatic rings. The number of hydrogen-bond acceptors (Lipinski definition) is 6. The smallest absolute Gasteiger partial charge is 0.248 e. The highest BCUT2D eigenvalue weighted by Gasteiger charge is 2.32. The van der Waals surface area contributed by atoms with Gasteiger partial charge in [0.2, 0.25) is 16.9 Å². The minimum Gasteiger partial charge on any atom is -0.497 e. The average Bonchev–Trinajstić information content (AvgIpc) is 3.24. The average molecular weight is 346 g/mol. The maximum atomic E-state index is 12.4. The topological polar surface area (TPSA) is 84.4 Å². The molecule has 1 aromatic heterocycles. The highest BCUT2D eigenvalue weighted by Crippen LogP contribution is 2.25. The van der Waals surface area contributed by atoms with Crippen LogP contribution in [0.5, 0.6) is 5.75 Å². The molecule has 2 amide bonds. The zero-order valence-corrected chi connectivity index (χ0v) is 14.3. The van der Waals surface area contributed by atoms with E-state index in [4.69, 9.17) is 4.74 Å². The van der Waals surface area contributed by atoms with E-state index < -0.39 is 6.04 Å². The van der Waals surface area contributed by atoms with E-state index in [1.165, 1.54) is 6.92 Å². The highest BCUT2D eigenvalue weighted by atomic mass is 32.1. The minimum absolute atomic E-state index is 0.0815. The van der Waals surface area contributed by atoms with Gasteiger partial charge in [-0.15, -0.1) is 0 Å². The van der Waals surface area contributed by atoms with Crippen molar-refractivity contribution in [2.24, 2.45) is 0 Å². The molecule has 1 aliphatic heterocycles. The molecule has 24 heavy (non-hydrogen) atoms. The Labute approximate surface area is 143 Å². The quantitative estimate of drug-likeness (QED) is 0.917. The second-order valence-corrected chi connectivity index (χ2v) is 6.27. The monoisotopic (exact) mass is 346 g/mol. The Morgan fingerprint density at radius 1 is 1.42 bits per heavy atom. The number of nitrogens with one attached hydrogen (secondary N) is 1. The Bertz CT molecular complexity index is 761. The Morgan fingerprint density at radius 2 is 2.25 bits per heavy atom. The lowest BCUT2D eigenvalue weighted by atomic mass is 10.2. The summed E-state index contributed by atoms with van der Waals surface area (Å²) in [5, 5.41) is 3.19. The van der Waals surface area contributed by atoms with Crippen molar-refractivity contribution in [1.29, 1.82) is 0 Å². The van der Waals surface area contributed by atoms with E-state index in [9.17, 15) is 9.59 Å². The third-order valence-electron chi connectivity index (χ3n) is 3.94. The van der Waals surface area contributed by atoms with E-state index in [1.807, 2.05) is 24.3 Å². The first-order chi connectivity index (χ1) is 11.6. The highest BCUT2D eigenvalue weighted by molar-refractivity contribution is 7.10. The Kier molecular flexibility index (Phi) is 4.75. The minimum atomic E-state index is -0.424. The van der Waals surface area contributed by atoms with Crippen LogP contribution in [0.4, 0.5) is 5.13 Å². The van der Waals surface area contributed by atoms with Crippen molar-refractivity contribution in [3.8, 4) is 17.1 Å². The molecule has 0 bridgehead atoms. The summed E-state index contributed by atoms with van der Waals surface area (Å²) in [5.41, 5.74) is 0.817. The van der Waals surface area contributed by atoms with E-state index in [2.05, 4.69) is 14.7 Å². The number of benzene rings is 1. The normalized spacial score (nSPS) is 16.9. The van der Waals surface area contributed by atoms with Crippen LogP contribution in [0.25, 0.3) is 11.4 Å². The zero-order chi connectivity index (χ0) is 17.1. The van der Waals surface area contributed by atoms with Gasteiger partial charge in [0, 0.05) is 30.6 Å². The third kappa shape index (κ3) is 3.38. The van der Waals surface area contributed by atoms with Crippen LogP contribution in [0.15, 0.2) is 24.3 Å². The van der Waals surface area contributed by atoms with Gasteiger partial charge in [-0.2, -0.15) is 9.36 Å². The molecule has 126 valence electrons. The summed E-state index contributed by atoms with van der Waals surface area (Å²) in [6.07, 6.45) is 1.51. The molecule has 1 aliphatic rings. The second-order valence-electron chi connectivity index (χ2n) is 5.51. The Hall–Kier alpha value is -2.48. The number of rotatable bonds is 4. The lowest BCUT2D eigenvalue weighted by molar-refractivity contribution is -0.134. The fourth-order valence-corrected chi connectivity index (χ4v) is 3.35. The van der Waals surface area contributed by atoms with Crippen LogP contribution in [-0.2, 0) is 9.59 Å². The summed E-state index contributed by atoms with van der Waals surface area (Å²) < 4.78 is 9.47. The molecule has 0 unspecified atom stereocenters. The number of likely N-dealkylation sites (tertiary alicyclic amines) is 1. The number of amides is 2. The first-order valence-corrected chi connectivity index (χ1v) is 8.42. The molecule has 0 saturated carbocycles. The fraction of sp³-hybridized carbons (Fsp3) is 0.375. The molecular formula is C16H18N4O3S. The van der Waals surface area contributed by atoms with Crippen molar-refractivity contribution in [3.05, 3.63) is 24.3 Å². The lowest BCUT2D eigenvalue weighted by Crippen LogP contribution is -2.42. The van der Waals surface area contributed by atoms with Crippen molar-refractivity contribution in [1.82, 2.24) is 14.3 Å². The van der Waals surface area contributed by atoms with E-state index in [1.54, 1.807) is 12.0 Å². The molecule has 3 rings (SSSR count). The van der Waals surface area contributed by atoms with E-state index in [-0.39, 0.29) is 11.8 Å². The largest absolute Gasteiger partial charge is 0.497 e. The summed E-state index contributed by atoms with van der Waals surface area (Å²) in [6, 6.07) is 6.99. The SMILES string of the molecule is COc1cccc(-c2nsc(NC(=O)[C@@H]3CCCN3C(C)=O)n2)c1. The van der Waals surface area contributed by atoms with Crippen molar-refractivity contribution < 1.29 is 14.3 Å². The predicted molar refractivity (Wildman–Crippen MR) is 90.9 cm³/mol. The van der Waals surface area contributed by atoms with Gasteiger partial charge in [-0.05, 0) is 25.0 Å². The summed E-state index contributed by atoms with van der Waals surface area (Å²) in [4.78, 5) is 29.9. The van der Waals surface area contributed by atoms with Crippen molar-refractivity contribution in [2.75, 3.05) is 19.0 Å². The van der Waals surface area contributed by atoms with Crippen LogP contribution >= 0.6 is 11.5 Å². The number of carbonyl (C=O) groups excluding carboxylic acids is 2. The van der Waals surface area contributed by atoms with Crippen LogP contribution in [0.2, 0.25) is 0 Å². The number of methoxy groups -OCH3 is 1. The van der Waals surface area contributed by atoms with Gasteiger partial charge in [0.05, 0.1) is 7.11 Å². The third-order valence-corrected chi connectivity index (χ3v) is 4.57. The standard InChI is InChI=1S/C16H18N4O3S/c1-10(21)20-8-4-7-13(20)15(22)18-16-17-14(19-24-16)11-5-3-6-12(9-11)23-2/h3,5-6,9,13H,4,7-8H2,1-2H3,(H,17,18,19,22)/t13-/m0/s1. The maximum Gasteiger partial charge on any atom is 0.248 e. The molecule has 2 heterocycles. The fourth-order valence-electron chi connectivity index (χ4n) is 2.76. The van der Waals surface area contributed by atoms with Gasteiger partial charge in [-0.25, -0.2) is 0 Å². The van der Waals surface area contributed by atoms with Gasteiger partial charge in [0.15, 0.2) is 5.82 Å². The number of anilines is 1. The molecule has 1 aromatic carbocycles. The van der Waals surface area contributed by atoms with Gasteiger partial charge in [0.1, 0.15) is 11.8 Å². The Morgan fingerprint density at radius 3 is 3.00 bits per heavy atom. The zero-order valence-electron chi connectivity index (χ0n) is 13.5. The molecule has 8 heteroatoms. The van der Waals surface area contributed by atoms with Gasteiger partial charge in [-0.1, -0.05) is 12.1 Å². The van der Waals surface area contributed by atoms with Crippen molar-refractivity contribution in [3.63, 3.8) is 0 Å². The number of aromatic nitrogens is 2. The molecule has 1 N–H and O–H groups in total. The summed E-state index contributed by atoms with van der Waals surface area (Å²) in [7, 11) is 1.60. The number of ether oxygens (including phenoxy) is 1. The molecule has 1 atom stereocenters. The van der Waals surface area contributed by atoms with Gasteiger partial charge < -0.3 is 9.64 Å². The first-order valence-electron chi connectivity index (χ1n) is 7.64. The molecule has 0 aliphatic carbocycles. The van der Waals surface area contributed by atoms with Crippen molar-refractivity contribution >= 4 is 28.5 Å². The Balaban J connectivity index is 1.72. The summed E-state index contributed by atoms with van der Waals surface area (Å²) in [5.74, 6) is 0.956.